The van der Waals surface area contributed by atoms with Crippen molar-refractivity contribution < 1.29 is 4.74 Å². The molecule has 1 heterocycles. The van der Waals surface area contributed by atoms with Crippen LogP contribution in [0.2, 0.25) is 0 Å². The van der Waals surface area contributed by atoms with Crippen molar-refractivity contribution in [1.29, 1.82) is 5.26 Å². The summed E-state index contributed by atoms with van der Waals surface area (Å²) in [7, 11) is 0. The Morgan fingerprint density at radius 2 is 1.85 bits per heavy atom. The van der Waals surface area contributed by atoms with Crippen LogP contribution in [-0.2, 0) is 0 Å². The molecule has 3 aromatic rings. The maximum atomic E-state index is 8.93. The highest BCUT2D eigenvalue weighted by molar-refractivity contribution is 5.88. The van der Waals surface area contributed by atoms with E-state index in [4.69, 9.17) is 10.00 Å². The Kier molecular flexibility index (Phi) is 3.02. The molecule has 3 rings (SSSR count). The Balaban J connectivity index is 2.06. The van der Waals surface area contributed by atoms with Gasteiger partial charge in [0.2, 0.25) is 0 Å². The third kappa shape index (κ3) is 2.29. The van der Waals surface area contributed by atoms with Gasteiger partial charge >= 0.3 is 6.01 Å². The summed E-state index contributed by atoms with van der Waals surface area (Å²) in [6.45, 7) is 1.80. The molecule has 1 aromatic heterocycles. The van der Waals surface area contributed by atoms with Gasteiger partial charge in [0.15, 0.2) is 0 Å². The van der Waals surface area contributed by atoms with Gasteiger partial charge < -0.3 is 4.74 Å². The van der Waals surface area contributed by atoms with Gasteiger partial charge in [0.05, 0.1) is 0 Å². The minimum absolute atomic E-state index is 0.193. The van der Waals surface area contributed by atoms with E-state index in [1.165, 1.54) is 0 Å². The lowest BCUT2D eigenvalue weighted by molar-refractivity contribution is 0.444. The van der Waals surface area contributed by atoms with Gasteiger partial charge in [-0.1, -0.05) is 36.4 Å². The van der Waals surface area contributed by atoms with Gasteiger partial charge in [0.25, 0.3) is 0 Å². The molecular weight excluding hydrogens is 250 g/mol. The van der Waals surface area contributed by atoms with Crippen molar-refractivity contribution in [3.8, 4) is 17.8 Å². The van der Waals surface area contributed by atoms with Crippen LogP contribution in [0, 0.1) is 18.3 Å². The fraction of sp³-hybridized carbons (Fsp3) is 0.0625. The number of fused-ring (bicyclic) bond motifs is 1. The molecule has 20 heavy (non-hydrogen) atoms. The number of ether oxygens (including phenoxy) is 1. The van der Waals surface area contributed by atoms with E-state index in [1.54, 1.807) is 13.0 Å². The van der Waals surface area contributed by atoms with E-state index in [-0.39, 0.29) is 6.01 Å². The van der Waals surface area contributed by atoms with Gasteiger partial charge in [0.1, 0.15) is 17.5 Å². The lowest BCUT2D eigenvalue weighted by atomic mass is 10.1. The highest BCUT2D eigenvalue weighted by atomic mass is 16.5. The molecule has 96 valence electrons. The van der Waals surface area contributed by atoms with Crippen molar-refractivity contribution >= 4 is 10.8 Å². The maximum absolute atomic E-state index is 8.93. The summed E-state index contributed by atoms with van der Waals surface area (Å²) in [4.78, 5) is 8.26. The second-order valence-electron chi connectivity index (χ2n) is 4.37. The van der Waals surface area contributed by atoms with Crippen LogP contribution in [0.5, 0.6) is 11.8 Å². The van der Waals surface area contributed by atoms with Crippen LogP contribution in [0.3, 0.4) is 0 Å². The smallest absolute Gasteiger partial charge is 0.323 e. The van der Waals surface area contributed by atoms with Crippen molar-refractivity contribution in [2.45, 2.75) is 6.92 Å². The first-order valence-electron chi connectivity index (χ1n) is 6.17. The van der Waals surface area contributed by atoms with Crippen LogP contribution in [-0.4, -0.2) is 9.97 Å². The molecular formula is C16H11N3O. The van der Waals surface area contributed by atoms with E-state index in [2.05, 4.69) is 9.97 Å². The van der Waals surface area contributed by atoms with Crippen LogP contribution in [0.15, 0.2) is 48.5 Å². The quantitative estimate of drug-likeness (QED) is 0.707. The second kappa shape index (κ2) is 4.98. The molecule has 0 aliphatic heterocycles. The van der Waals surface area contributed by atoms with E-state index in [9.17, 15) is 0 Å². The van der Waals surface area contributed by atoms with Gasteiger partial charge in [-0.25, -0.2) is 4.98 Å². The minimum Gasteiger partial charge on any atom is -0.424 e. The van der Waals surface area contributed by atoms with Crippen LogP contribution in [0.4, 0.5) is 0 Å². The number of aryl methyl sites for hydroxylation is 1. The number of aromatic nitrogens is 2. The van der Waals surface area contributed by atoms with Gasteiger partial charge in [0, 0.05) is 11.1 Å². The number of hydrogen-bond acceptors (Lipinski definition) is 4. The normalized spacial score (nSPS) is 10.2. The first kappa shape index (κ1) is 12.1. The Labute approximate surface area is 116 Å². The average molecular weight is 261 g/mol. The molecule has 0 bridgehead atoms. The molecule has 4 heteroatoms. The maximum Gasteiger partial charge on any atom is 0.323 e. The Bertz CT molecular complexity index is 816. The molecule has 4 nitrogen and oxygen atoms in total. The lowest BCUT2D eigenvalue weighted by Gasteiger charge is -2.07. The monoisotopic (exact) mass is 261 g/mol. The number of hydrogen-bond donors (Lipinski definition) is 0. The van der Waals surface area contributed by atoms with Crippen molar-refractivity contribution in [2.75, 3.05) is 0 Å². The van der Waals surface area contributed by atoms with Crippen LogP contribution < -0.4 is 4.74 Å². The van der Waals surface area contributed by atoms with Crippen LogP contribution in [0.1, 0.15) is 11.4 Å². The molecule has 0 amide bonds. The standard InChI is InChI=1S/C16H11N3O/c1-11-9-13(10-17)19-16(18-11)20-15-8-4-6-12-5-2-3-7-14(12)15/h2-9H,1H3. The van der Waals surface area contributed by atoms with Crippen molar-refractivity contribution in [1.82, 2.24) is 9.97 Å². The van der Waals surface area contributed by atoms with Crippen LogP contribution in [0.25, 0.3) is 10.8 Å². The third-order valence-corrected chi connectivity index (χ3v) is 2.90. The lowest BCUT2D eigenvalue weighted by Crippen LogP contribution is -1.96. The van der Waals surface area contributed by atoms with Gasteiger partial charge in [-0.3, -0.25) is 0 Å². The molecule has 0 spiro atoms. The number of rotatable bonds is 2. The molecule has 0 saturated heterocycles. The van der Waals surface area contributed by atoms with E-state index < -0.39 is 0 Å². The summed E-state index contributed by atoms with van der Waals surface area (Å²) >= 11 is 0. The molecule has 0 unspecified atom stereocenters. The minimum atomic E-state index is 0.193. The molecule has 0 N–H and O–H groups in total. The number of nitriles is 1. The Morgan fingerprint density at radius 3 is 2.70 bits per heavy atom. The van der Waals surface area contributed by atoms with Crippen molar-refractivity contribution in [2.24, 2.45) is 0 Å². The van der Waals surface area contributed by atoms with E-state index in [0.29, 0.717) is 17.1 Å². The predicted molar refractivity (Wildman–Crippen MR) is 75.5 cm³/mol. The zero-order chi connectivity index (χ0) is 13.9. The summed E-state index contributed by atoms with van der Waals surface area (Å²) in [6.07, 6.45) is 0. The first-order chi connectivity index (χ1) is 9.76. The fourth-order valence-electron chi connectivity index (χ4n) is 2.03. The number of nitrogens with zero attached hydrogens (tertiary/aromatic N) is 3. The summed E-state index contributed by atoms with van der Waals surface area (Å²) in [5.41, 5.74) is 1.000. The first-order valence-corrected chi connectivity index (χ1v) is 6.17. The van der Waals surface area contributed by atoms with Crippen molar-refractivity contribution in [3.63, 3.8) is 0 Å². The molecule has 0 atom stereocenters. The topological polar surface area (TPSA) is 58.8 Å². The summed E-state index contributed by atoms with van der Waals surface area (Å²) in [5.74, 6) is 0.678. The summed E-state index contributed by atoms with van der Waals surface area (Å²) < 4.78 is 5.74. The molecule has 0 aliphatic rings. The van der Waals surface area contributed by atoms with E-state index in [0.717, 1.165) is 10.8 Å². The number of benzene rings is 2. The second-order valence-corrected chi connectivity index (χ2v) is 4.37. The van der Waals surface area contributed by atoms with Gasteiger partial charge in [-0.05, 0) is 24.4 Å². The molecule has 0 radical (unpaired) electrons. The van der Waals surface area contributed by atoms with E-state index >= 15 is 0 Å². The SMILES string of the molecule is Cc1cc(C#N)nc(Oc2cccc3ccccc23)n1. The molecule has 2 aromatic carbocycles. The zero-order valence-electron chi connectivity index (χ0n) is 10.9. The highest BCUT2D eigenvalue weighted by Crippen LogP contribution is 2.28. The highest BCUT2D eigenvalue weighted by Gasteiger charge is 2.07. The van der Waals surface area contributed by atoms with E-state index in [1.807, 2.05) is 48.5 Å². The van der Waals surface area contributed by atoms with Crippen molar-refractivity contribution in [3.05, 3.63) is 59.9 Å². The summed E-state index contributed by atoms with van der Waals surface area (Å²) in [5, 5.41) is 11.0. The Morgan fingerprint density at radius 1 is 1.05 bits per heavy atom. The average Bonchev–Trinajstić information content (AvgIpc) is 2.47. The molecule has 0 fully saturated rings. The zero-order valence-corrected chi connectivity index (χ0v) is 10.9. The van der Waals surface area contributed by atoms with Crippen LogP contribution >= 0.6 is 0 Å². The fourth-order valence-corrected chi connectivity index (χ4v) is 2.03. The van der Waals surface area contributed by atoms with Gasteiger partial charge in [-0.2, -0.15) is 10.2 Å². The summed E-state index contributed by atoms with van der Waals surface area (Å²) in [6, 6.07) is 17.5. The van der Waals surface area contributed by atoms with Gasteiger partial charge in [-0.15, -0.1) is 0 Å². The Hall–Kier alpha value is -2.93. The molecule has 0 aliphatic carbocycles. The largest absolute Gasteiger partial charge is 0.424 e. The predicted octanol–water partition coefficient (Wildman–Crippen LogP) is 3.60. The third-order valence-electron chi connectivity index (χ3n) is 2.90. The molecule has 0 saturated carbocycles.